The second-order valence-electron chi connectivity index (χ2n) is 7.84. The molecule has 0 unspecified atom stereocenters. The van der Waals surface area contributed by atoms with Crippen LogP contribution in [0.1, 0.15) is 56.2 Å². The first kappa shape index (κ1) is 22.9. The zero-order valence-electron chi connectivity index (χ0n) is 18.1. The molecule has 3 aromatic carbocycles. The molecule has 4 heteroatoms. The lowest BCUT2D eigenvalue weighted by Crippen LogP contribution is -2.22. The van der Waals surface area contributed by atoms with Gasteiger partial charge in [0, 0.05) is 0 Å². The van der Waals surface area contributed by atoms with Gasteiger partial charge in [0.25, 0.3) is 0 Å². The first-order valence-electron chi connectivity index (χ1n) is 10.9. The van der Waals surface area contributed by atoms with Crippen molar-refractivity contribution in [3.8, 4) is 5.75 Å². The van der Waals surface area contributed by atoms with Gasteiger partial charge in [-0.15, -0.1) is 0 Å². The van der Waals surface area contributed by atoms with Crippen LogP contribution in [0.5, 0.6) is 5.75 Å². The molecule has 0 aromatic heterocycles. The van der Waals surface area contributed by atoms with Crippen molar-refractivity contribution in [3.05, 3.63) is 89.3 Å². The number of alkyl halides is 2. The quantitative estimate of drug-likeness (QED) is 0.234. The number of rotatable bonds is 10. The summed E-state index contributed by atoms with van der Waals surface area (Å²) in [5.74, 6) is -1.24. The Morgan fingerprint density at radius 3 is 2.32 bits per heavy atom. The number of ether oxygens (including phenoxy) is 1. The van der Waals surface area contributed by atoms with E-state index in [1.807, 2.05) is 37.3 Å². The second kappa shape index (κ2) is 10.5. The Bertz CT molecular complexity index is 1020. The predicted molar refractivity (Wildman–Crippen MR) is 121 cm³/mol. The summed E-state index contributed by atoms with van der Waals surface area (Å²) < 4.78 is 48.8. The Morgan fingerprint density at radius 2 is 1.61 bits per heavy atom. The van der Waals surface area contributed by atoms with Crippen LogP contribution in [0.15, 0.2) is 66.7 Å². The zero-order valence-corrected chi connectivity index (χ0v) is 18.1. The van der Waals surface area contributed by atoms with E-state index >= 15 is 0 Å². The molecular weight excluding hydrogens is 397 g/mol. The van der Waals surface area contributed by atoms with Gasteiger partial charge in [-0.1, -0.05) is 62.2 Å². The van der Waals surface area contributed by atoms with Gasteiger partial charge < -0.3 is 4.74 Å². The van der Waals surface area contributed by atoms with E-state index in [9.17, 15) is 13.2 Å². The Balaban J connectivity index is 1.76. The van der Waals surface area contributed by atoms with Crippen LogP contribution in [-0.4, -0.2) is 0 Å². The summed E-state index contributed by atoms with van der Waals surface area (Å²) in [4.78, 5) is 0. The summed E-state index contributed by atoms with van der Waals surface area (Å²) in [5, 5.41) is 1.36. The first-order chi connectivity index (χ1) is 14.9. The lowest BCUT2D eigenvalue weighted by atomic mass is 10.0. The minimum absolute atomic E-state index is 0.298. The van der Waals surface area contributed by atoms with Gasteiger partial charge in [0.15, 0.2) is 11.6 Å². The molecule has 0 aliphatic rings. The van der Waals surface area contributed by atoms with Crippen molar-refractivity contribution in [2.45, 2.75) is 58.5 Å². The van der Waals surface area contributed by atoms with E-state index in [4.69, 9.17) is 4.74 Å². The number of benzene rings is 3. The van der Waals surface area contributed by atoms with Crippen LogP contribution < -0.4 is 4.74 Å². The summed E-state index contributed by atoms with van der Waals surface area (Å²) in [7, 11) is 0. The molecule has 0 aliphatic carbocycles. The Hall–Kier alpha value is -2.75. The third kappa shape index (κ3) is 6.13. The molecule has 3 rings (SSSR count). The van der Waals surface area contributed by atoms with Crippen LogP contribution in [0.2, 0.25) is 0 Å². The zero-order chi connectivity index (χ0) is 22.3. The number of aryl methyl sites for hydroxylation is 2. The molecule has 3 aromatic rings. The monoisotopic (exact) mass is 426 g/mol. The predicted octanol–water partition coefficient (Wildman–Crippen LogP) is 8.35. The maximum Gasteiger partial charge on any atom is 0.426 e. The molecule has 0 radical (unpaired) electrons. The molecule has 0 atom stereocenters. The highest BCUT2D eigenvalue weighted by molar-refractivity contribution is 5.84. The van der Waals surface area contributed by atoms with E-state index in [1.165, 1.54) is 24.3 Å². The summed E-state index contributed by atoms with van der Waals surface area (Å²) >= 11 is 0. The van der Waals surface area contributed by atoms with Crippen LogP contribution in [0, 0.1) is 5.82 Å². The van der Waals surface area contributed by atoms with Crippen LogP contribution in [0.25, 0.3) is 10.8 Å². The molecular formula is C27H29F3O. The van der Waals surface area contributed by atoms with Crippen molar-refractivity contribution in [3.63, 3.8) is 0 Å². The van der Waals surface area contributed by atoms with Gasteiger partial charge in [0.2, 0.25) is 0 Å². The highest BCUT2D eigenvalue weighted by atomic mass is 19.3. The van der Waals surface area contributed by atoms with Crippen LogP contribution in [-0.2, 0) is 19.0 Å². The van der Waals surface area contributed by atoms with Crippen LogP contribution in [0.4, 0.5) is 13.2 Å². The Kier molecular flexibility index (Phi) is 7.78. The highest BCUT2D eigenvalue weighted by Crippen LogP contribution is 2.35. The van der Waals surface area contributed by atoms with E-state index < -0.39 is 17.7 Å². The van der Waals surface area contributed by atoms with E-state index in [0.717, 1.165) is 49.7 Å². The molecule has 0 amide bonds. The summed E-state index contributed by atoms with van der Waals surface area (Å²) in [5.41, 5.74) is 1.78. The average molecular weight is 427 g/mol. The highest BCUT2D eigenvalue weighted by Gasteiger charge is 2.35. The number of halogens is 3. The fraction of sp³-hybridized carbons (Fsp3) is 0.333. The van der Waals surface area contributed by atoms with E-state index in [1.54, 1.807) is 12.1 Å². The standard InChI is InChI=1S/C27H29F3O/c1-3-5-7-9-20-12-15-24(16-13-20)27(29,30)31-26-19-22-14-11-21(10-8-6-4-2)17-23(22)18-25(26)28/h3,5,11-19H,4,6-10H2,1-2H3/b5-3+. The van der Waals surface area contributed by atoms with Gasteiger partial charge in [-0.25, -0.2) is 4.39 Å². The number of hydrogen-bond donors (Lipinski definition) is 0. The van der Waals surface area contributed by atoms with Gasteiger partial charge >= 0.3 is 6.11 Å². The van der Waals surface area contributed by atoms with Gasteiger partial charge in [0.05, 0.1) is 5.56 Å². The van der Waals surface area contributed by atoms with E-state index in [0.29, 0.717) is 10.8 Å². The maximum atomic E-state index is 14.7. The molecule has 0 aliphatic heterocycles. The van der Waals surface area contributed by atoms with Crippen molar-refractivity contribution in [2.75, 3.05) is 0 Å². The summed E-state index contributed by atoms with van der Waals surface area (Å²) in [6.07, 6.45) is 6.27. The molecule has 0 heterocycles. The molecule has 164 valence electrons. The third-order valence-corrected chi connectivity index (χ3v) is 5.39. The van der Waals surface area contributed by atoms with Crippen molar-refractivity contribution < 1.29 is 17.9 Å². The summed E-state index contributed by atoms with van der Waals surface area (Å²) in [6, 6.07) is 14.3. The lowest BCUT2D eigenvalue weighted by molar-refractivity contribution is -0.186. The molecule has 0 spiro atoms. The first-order valence-corrected chi connectivity index (χ1v) is 10.9. The van der Waals surface area contributed by atoms with Gasteiger partial charge in [-0.05, 0) is 78.8 Å². The third-order valence-electron chi connectivity index (χ3n) is 5.39. The van der Waals surface area contributed by atoms with Crippen molar-refractivity contribution in [2.24, 2.45) is 0 Å². The Morgan fingerprint density at radius 1 is 0.871 bits per heavy atom. The fourth-order valence-electron chi connectivity index (χ4n) is 3.59. The topological polar surface area (TPSA) is 9.23 Å². The molecule has 31 heavy (non-hydrogen) atoms. The SMILES string of the molecule is C/C=C/CCc1ccc(C(F)(F)Oc2cc3ccc(CCCCC)cc3cc2F)cc1. The molecule has 0 bridgehead atoms. The van der Waals surface area contributed by atoms with Crippen molar-refractivity contribution in [1.29, 1.82) is 0 Å². The van der Waals surface area contributed by atoms with Crippen molar-refractivity contribution >= 4 is 10.8 Å². The van der Waals surface area contributed by atoms with E-state index in [-0.39, 0.29) is 5.56 Å². The number of hydrogen-bond acceptors (Lipinski definition) is 1. The van der Waals surface area contributed by atoms with Gasteiger partial charge in [-0.2, -0.15) is 8.78 Å². The molecule has 0 fully saturated rings. The lowest BCUT2D eigenvalue weighted by Gasteiger charge is -2.19. The normalized spacial score (nSPS) is 12.0. The van der Waals surface area contributed by atoms with E-state index in [2.05, 4.69) is 6.92 Å². The van der Waals surface area contributed by atoms with Gasteiger partial charge in [-0.3, -0.25) is 0 Å². The van der Waals surface area contributed by atoms with Crippen LogP contribution in [0.3, 0.4) is 0 Å². The molecule has 0 saturated heterocycles. The van der Waals surface area contributed by atoms with Gasteiger partial charge in [0.1, 0.15) is 0 Å². The molecule has 1 nitrogen and oxygen atoms in total. The number of fused-ring (bicyclic) bond motifs is 1. The summed E-state index contributed by atoms with van der Waals surface area (Å²) in [6.45, 7) is 4.09. The minimum atomic E-state index is -3.63. The largest absolute Gasteiger partial charge is 0.426 e. The number of unbranched alkanes of at least 4 members (excludes halogenated alkanes) is 2. The second-order valence-corrected chi connectivity index (χ2v) is 7.84. The average Bonchev–Trinajstić information content (AvgIpc) is 2.75. The Labute approximate surface area is 182 Å². The smallest absolute Gasteiger partial charge is 0.426 e. The fourth-order valence-corrected chi connectivity index (χ4v) is 3.59. The minimum Gasteiger partial charge on any atom is -0.426 e. The van der Waals surface area contributed by atoms with Crippen LogP contribution >= 0.6 is 0 Å². The maximum absolute atomic E-state index is 14.7. The van der Waals surface area contributed by atoms with Crippen molar-refractivity contribution in [1.82, 2.24) is 0 Å². The number of allylic oxidation sites excluding steroid dienone is 2. The molecule has 0 N–H and O–H groups in total. The molecule has 0 saturated carbocycles.